The van der Waals surface area contributed by atoms with E-state index in [0.717, 1.165) is 5.56 Å². The fraction of sp³-hybridized carbons (Fsp3) is 0.143. The second-order valence-electron chi connectivity index (χ2n) is 4.34. The smallest absolute Gasteiger partial charge is 0.335 e. The zero-order valence-electron chi connectivity index (χ0n) is 11.1. The van der Waals surface area contributed by atoms with Crippen LogP contribution >= 0.6 is 0 Å². The van der Waals surface area contributed by atoms with Crippen LogP contribution in [0.2, 0.25) is 0 Å². The van der Waals surface area contributed by atoms with Crippen molar-refractivity contribution in [2.75, 3.05) is 6.54 Å². The molecule has 0 bridgehead atoms. The zero-order valence-corrected chi connectivity index (χ0v) is 11.9. The lowest BCUT2D eigenvalue weighted by molar-refractivity contribution is 0.0697. The maximum Gasteiger partial charge on any atom is 0.335 e. The molecular formula is C14H14N2O4S. The molecule has 2 N–H and O–H groups in total. The van der Waals surface area contributed by atoms with Crippen LogP contribution in [-0.2, 0) is 16.4 Å². The number of aromatic carboxylic acids is 1. The Morgan fingerprint density at radius 3 is 2.48 bits per heavy atom. The van der Waals surface area contributed by atoms with Crippen LogP contribution in [-0.4, -0.2) is 31.0 Å². The average molecular weight is 306 g/mol. The number of aromatic nitrogens is 1. The van der Waals surface area contributed by atoms with Gasteiger partial charge < -0.3 is 5.11 Å². The predicted molar refractivity (Wildman–Crippen MR) is 76.5 cm³/mol. The van der Waals surface area contributed by atoms with Crippen molar-refractivity contribution in [3.63, 3.8) is 0 Å². The van der Waals surface area contributed by atoms with E-state index in [1.54, 1.807) is 18.2 Å². The molecule has 6 nitrogen and oxygen atoms in total. The van der Waals surface area contributed by atoms with Gasteiger partial charge in [0.05, 0.1) is 5.56 Å². The van der Waals surface area contributed by atoms with Gasteiger partial charge in [-0.1, -0.05) is 12.1 Å². The van der Waals surface area contributed by atoms with Crippen molar-refractivity contribution in [3.8, 4) is 0 Å². The third kappa shape index (κ3) is 4.11. The molecule has 0 fully saturated rings. The number of nitrogens with one attached hydrogen (secondary N) is 1. The molecule has 0 saturated heterocycles. The van der Waals surface area contributed by atoms with Crippen molar-refractivity contribution in [3.05, 3.63) is 59.9 Å². The third-order valence-corrected chi connectivity index (χ3v) is 4.30. The Bertz CT molecular complexity index is 712. The molecule has 0 amide bonds. The molecule has 2 rings (SSSR count). The van der Waals surface area contributed by atoms with E-state index >= 15 is 0 Å². The summed E-state index contributed by atoms with van der Waals surface area (Å²) in [5.41, 5.74) is 1.06. The van der Waals surface area contributed by atoms with Crippen LogP contribution in [0.4, 0.5) is 0 Å². The molecule has 0 saturated carbocycles. The molecule has 1 aromatic carbocycles. The Hall–Kier alpha value is -2.25. The Morgan fingerprint density at radius 2 is 1.90 bits per heavy atom. The van der Waals surface area contributed by atoms with Gasteiger partial charge in [-0.2, -0.15) is 0 Å². The van der Waals surface area contributed by atoms with E-state index in [0.29, 0.717) is 6.42 Å². The maximum absolute atomic E-state index is 11.9. The Labute approximate surface area is 122 Å². The van der Waals surface area contributed by atoms with E-state index in [4.69, 9.17) is 5.11 Å². The van der Waals surface area contributed by atoms with Gasteiger partial charge in [0.2, 0.25) is 10.0 Å². The molecule has 110 valence electrons. The number of carboxylic acid groups (broad SMARTS) is 1. The number of hydrogen-bond acceptors (Lipinski definition) is 4. The lowest BCUT2D eigenvalue weighted by atomic mass is 10.1. The van der Waals surface area contributed by atoms with Crippen LogP contribution in [0.15, 0.2) is 53.7 Å². The summed E-state index contributed by atoms with van der Waals surface area (Å²) in [4.78, 5) is 14.6. The summed E-state index contributed by atoms with van der Waals surface area (Å²) in [6.45, 7) is 0.226. The number of sulfonamides is 1. The second kappa shape index (κ2) is 6.47. The van der Waals surface area contributed by atoms with Crippen molar-refractivity contribution in [1.82, 2.24) is 9.71 Å². The maximum atomic E-state index is 11.9. The molecule has 1 heterocycles. The van der Waals surface area contributed by atoms with Crippen molar-refractivity contribution in [2.24, 2.45) is 0 Å². The summed E-state index contributed by atoms with van der Waals surface area (Å²) >= 11 is 0. The van der Waals surface area contributed by atoms with Crippen LogP contribution < -0.4 is 4.72 Å². The minimum Gasteiger partial charge on any atom is -0.478 e. The predicted octanol–water partition coefficient (Wildman–Crippen LogP) is 1.30. The van der Waals surface area contributed by atoms with Crippen molar-refractivity contribution in [1.29, 1.82) is 0 Å². The van der Waals surface area contributed by atoms with Crippen LogP contribution in [0.1, 0.15) is 15.9 Å². The number of nitrogens with zero attached hydrogens (tertiary/aromatic N) is 1. The molecule has 0 radical (unpaired) electrons. The minimum atomic E-state index is -3.56. The highest BCUT2D eigenvalue weighted by atomic mass is 32.2. The molecule has 0 aliphatic carbocycles. The second-order valence-corrected chi connectivity index (χ2v) is 6.11. The number of carboxylic acids is 1. The molecule has 21 heavy (non-hydrogen) atoms. The van der Waals surface area contributed by atoms with Gasteiger partial charge >= 0.3 is 5.97 Å². The topological polar surface area (TPSA) is 96.4 Å². The molecule has 0 atom stereocenters. The van der Waals surface area contributed by atoms with Gasteiger partial charge in [-0.05, 0) is 36.2 Å². The largest absolute Gasteiger partial charge is 0.478 e. The van der Waals surface area contributed by atoms with E-state index in [9.17, 15) is 13.2 Å². The number of pyridine rings is 1. The van der Waals surface area contributed by atoms with Crippen molar-refractivity contribution >= 4 is 16.0 Å². The molecule has 1 aromatic heterocycles. The van der Waals surface area contributed by atoms with E-state index in [2.05, 4.69) is 9.71 Å². The van der Waals surface area contributed by atoms with Crippen LogP contribution in [0.25, 0.3) is 0 Å². The first-order valence-electron chi connectivity index (χ1n) is 6.21. The molecule has 0 aliphatic rings. The van der Waals surface area contributed by atoms with E-state index < -0.39 is 16.0 Å². The van der Waals surface area contributed by atoms with Gasteiger partial charge in [-0.25, -0.2) is 17.9 Å². The summed E-state index contributed by atoms with van der Waals surface area (Å²) in [7, 11) is -3.56. The highest BCUT2D eigenvalue weighted by molar-refractivity contribution is 7.89. The van der Waals surface area contributed by atoms with E-state index in [-0.39, 0.29) is 17.0 Å². The summed E-state index contributed by atoms with van der Waals surface area (Å²) in [6.07, 6.45) is 3.26. The van der Waals surface area contributed by atoms with E-state index in [1.165, 1.54) is 30.6 Å². The highest BCUT2D eigenvalue weighted by Crippen LogP contribution is 2.07. The average Bonchev–Trinajstić information content (AvgIpc) is 2.48. The van der Waals surface area contributed by atoms with Crippen LogP contribution in [0, 0.1) is 0 Å². The molecule has 0 spiro atoms. The Morgan fingerprint density at radius 1 is 1.19 bits per heavy atom. The number of rotatable bonds is 6. The summed E-state index contributed by atoms with van der Waals surface area (Å²) in [6, 6.07) is 9.35. The SMILES string of the molecule is O=C(O)c1ccc(CCNS(=O)(=O)c2cccnc2)cc1. The fourth-order valence-corrected chi connectivity index (χ4v) is 2.73. The standard InChI is InChI=1S/C14H14N2O4S/c17-14(18)12-5-3-11(4-6-12)7-9-16-21(19,20)13-2-1-8-15-10-13/h1-6,8,10,16H,7,9H2,(H,17,18). The molecule has 0 unspecified atom stereocenters. The van der Waals surface area contributed by atoms with Crippen molar-refractivity contribution < 1.29 is 18.3 Å². The first kappa shape index (κ1) is 15.1. The van der Waals surface area contributed by atoms with Gasteiger partial charge in [-0.15, -0.1) is 0 Å². The lowest BCUT2D eigenvalue weighted by Crippen LogP contribution is -2.26. The van der Waals surface area contributed by atoms with Gasteiger partial charge in [0, 0.05) is 18.9 Å². The quantitative estimate of drug-likeness (QED) is 0.838. The zero-order chi connectivity index (χ0) is 15.3. The lowest BCUT2D eigenvalue weighted by Gasteiger charge is -2.06. The first-order valence-corrected chi connectivity index (χ1v) is 7.69. The van der Waals surface area contributed by atoms with Crippen molar-refractivity contribution in [2.45, 2.75) is 11.3 Å². The molecular weight excluding hydrogens is 292 g/mol. The number of hydrogen-bond donors (Lipinski definition) is 2. The normalized spacial score (nSPS) is 11.2. The monoisotopic (exact) mass is 306 g/mol. The Balaban J connectivity index is 1.94. The summed E-state index contributed by atoms with van der Waals surface area (Å²) in [5, 5.41) is 8.79. The molecule has 2 aromatic rings. The minimum absolute atomic E-state index is 0.117. The highest BCUT2D eigenvalue weighted by Gasteiger charge is 2.12. The number of benzene rings is 1. The Kier molecular flexibility index (Phi) is 4.66. The summed E-state index contributed by atoms with van der Waals surface area (Å²) < 4.78 is 26.4. The first-order chi connectivity index (χ1) is 9.99. The third-order valence-electron chi connectivity index (χ3n) is 2.85. The summed E-state index contributed by atoms with van der Waals surface area (Å²) in [5.74, 6) is -0.987. The molecule has 7 heteroatoms. The van der Waals surface area contributed by atoms with Gasteiger partial charge in [-0.3, -0.25) is 4.98 Å². The fourth-order valence-electron chi connectivity index (χ4n) is 1.73. The number of carbonyl (C=O) groups is 1. The van der Waals surface area contributed by atoms with Gasteiger partial charge in [0.25, 0.3) is 0 Å². The van der Waals surface area contributed by atoms with Crippen LogP contribution in [0.3, 0.4) is 0 Å². The van der Waals surface area contributed by atoms with E-state index in [1.807, 2.05) is 0 Å². The van der Waals surface area contributed by atoms with Gasteiger partial charge in [0.1, 0.15) is 4.90 Å². The van der Waals surface area contributed by atoms with Crippen LogP contribution in [0.5, 0.6) is 0 Å². The van der Waals surface area contributed by atoms with Gasteiger partial charge in [0.15, 0.2) is 0 Å². The molecule has 0 aliphatic heterocycles.